The van der Waals surface area contributed by atoms with Crippen molar-refractivity contribution in [3.05, 3.63) is 23.3 Å². The van der Waals surface area contributed by atoms with E-state index in [0.29, 0.717) is 24.0 Å². The van der Waals surface area contributed by atoms with Crippen molar-refractivity contribution in [3.63, 3.8) is 0 Å². The van der Waals surface area contributed by atoms with Crippen molar-refractivity contribution in [1.82, 2.24) is 10.6 Å². The Morgan fingerprint density at radius 1 is 0.688 bits per heavy atom. The molecule has 2 unspecified atom stereocenters. The van der Waals surface area contributed by atoms with E-state index in [1.165, 1.54) is 12.2 Å². The summed E-state index contributed by atoms with van der Waals surface area (Å²) in [5, 5.41) is 24.2. The highest BCUT2D eigenvalue weighted by Gasteiger charge is 2.24. The highest BCUT2D eigenvalue weighted by Crippen LogP contribution is 2.14. The Hall–Kier alpha value is -2.72. The maximum atomic E-state index is 11.8. The summed E-state index contributed by atoms with van der Waals surface area (Å²) in [6.07, 6.45) is 8.37. The van der Waals surface area contributed by atoms with E-state index in [-0.39, 0.29) is 24.9 Å². The van der Waals surface area contributed by atoms with Crippen LogP contribution in [0.2, 0.25) is 0 Å². The predicted molar refractivity (Wildman–Crippen MR) is 113 cm³/mol. The molecule has 0 saturated carbocycles. The first-order valence-electron chi connectivity index (χ1n) is 11.1. The molecule has 0 aromatic heterocycles. The monoisotopic (exact) mass is 452 g/mol. The lowest BCUT2D eigenvalue weighted by Crippen LogP contribution is -2.28. The van der Waals surface area contributed by atoms with E-state index in [1.54, 1.807) is 0 Å². The van der Waals surface area contributed by atoms with E-state index >= 15 is 0 Å². The molecule has 0 aromatic carbocycles. The summed E-state index contributed by atoms with van der Waals surface area (Å²) in [6, 6.07) is 0. The molecule has 0 aromatic rings. The number of aliphatic hydroxyl groups excluding tert-OH is 2. The van der Waals surface area contributed by atoms with Crippen LogP contribution in [-0.2, 0) is 28.7 Å². The number of carbonyl (C=O) groups is 4. The van der Waals surface area contributed by atoms with Crippen LogP contribution in [0, 0.1) is 0 Å². The van der Waals surface area contributed by atoms with Crippen LogP contribution in [0.4, 0.5) is 0 Å². The SMILES string of the molecule is O=C(CCCCCCCCCCC(=O)NCC1=CC(=O)OC1O)NCC1=CC(=O)OC1O. The van der Waals surface area contributed by atoms with Crippen LogP contribution in [0.3, 0.4) is 0 Å². The number of ether oxygens (including phenoxy) is 2. The molecule has 32 heavy (non-hydrogen) atoms. The Kier molecular flexibility index (Phi) is 10.9. The maximum absolute atomic E-state index is 11.8. The summed E-state index contributed by atoms with van der Waals surface area (Å²) < 4.78 is 9.09. The van der Waals surface area contributed by atoms with Gasteiger partial charge in [0.1, 0.15) is 0 Å². The molecule has 2 rings (SSSR count). The van der Waals surface area contributed by atoms with Crippen molar-refractivity contribution >= 4 is 23.8 Å². The molecule has 2 amide bonds. The van der Waals surface area contributed by atoms with Gasteiger partial charge in [0.2, 0.25) is 24.4 Å². The van der Waals surface area contributed by atoms with Gasteiger partial charge in [0.15, 0.2) is 0 Å². The molecule has 10 nitrogen and oxygen atoms in total. The number of nitrogens with one attached hydrogen (secondary N) is 2. The van der Waals surface area contributed by atoms with Crippen molar-refractivity contribution in [2.75, 3.05) is 13.1 Å². The average Bonchev–Trinajstić information content (AvgIpc) is 3.24. The topological polar surface area (TPSA) is 151 Å². The lowest BCUT2D eigenvalue weighted by molar-refractivity contribution is -0.152. The fourth-order valence-corrected chi connectivity index (χ4v) is 3.37. The number of esters is 2. The molecule has 0 saturated heterocycles. The summed E-state index contributed by atoms with van der Waals surface area (Å²) in [5.41, 5.74) is 0.717. The second-order valence-corrected chi connectivity index (χ2v) is 7.90. The van der Waals surface area contributed by atoms with Gasteiger partial charge < -0.3 is 30.3 Å². The first-order valence-corrected chi connectivity index (χ1v) is 11.1. The molecule has 0 fully saturated rings. The molecule has 2 atom stereocenters. The van der Waals surface area contributed by atoms with E-state index in [1.807, 2.05) is 0 Å². The average molecular weight is 453 g/mol. The molecule has 178 valence electrons. The van der Waals surface area contributed by atoms with Gasteiger partial charge >= 0.3 is 11.9 Å². The summed E-state index contributed by atoms with van der Waals surface area (Å²) in [7, 11) is 0. The Morgan fingerprint density at radius 2 is 1.03 bits per heavy atom. The number of hydrogen-bond donors (Lipinski definition) is 4. The molecular formula is C22H32N2O8. The van der Waals surface area contributed by atoms with E-state index in [2.05, 4.69) is 20.1 Å². The molecule has 0 bridgehead atoms. The lowest BCUT2D eigenvalue weighted by Gasteiger charge is -2.09. The van der Waals surface area contributed by atoms with Crippen LogP contribution in [0.5, 0.6) is 0 Å². The van der Waals surface area contributed by atoms with Crippen molar-refractivity contribution < 1.29 is 38.9 Å². The number of carbonyl (C=O) groups excluding carboxylic acids is 4. The van der Waals surface area contributed by atoms with E-state index < -0.39 is 24.5 Å². The van der Waals surface area contributed by atoms with Gasteiger partial charge in [-0.15, -0.1) is 0 Å². The van der Waals surface area contributed by atoms with Crippen molar-refractivity contribution in [2.24, 2.45) is 0 Å². The molecule has 4 N–H and O–H groups in total. The minimum absolute atomic E-state index is 0.109. The third kappa shape index (κ3) is 9.61. The molecular weight excluding hydrogens is 420 g/mol. The number of aliphatic hydroxyl groups is 2. The molecule has 2 aliphatic rings. The Labute approximate surface area is 187 Å². The third-order valence-corrected chi connectivity index (χ3v) is 5.23. The molecule has 0 spiro atoms. The lowest BCUT2D eigenvalue weighted by atomic mass is 10.1. The van der Waals surface area contributed by atoms with Crippen LogP contribution in [0.1, 0.15) is 64.2 Å². The van der Waals surface area contributed by atoms with Crippen molar-refractivity contribution in [3.8, 4) is 0 Å². The fraction of sp³-hybridized carbons (Fsp3) is 0.636. The second-order valence-electron chi connectivity index (χ2n) is 7.90. The maximum Gasteiger partial charge on any atom is 0.333 e. The minimum atomic E-state index is -1.26. The highest BCUT2D eigenvalue weighted by molar-refractivity contribution is 5.86. The highest BCUT2D eigenvalue weighted by atomic mass is 16.6. The van der Waals surface area contributed by atoms with Crippen LogP contribution in [0.15, 0.2) is 23.3 Å². The van der Waals surface area contributed by atoms with Gasteiger partial charge in [0, 0.05) is 49.2 Å². The van der Waals surface area contributed by atoms with Gasteiger partial charge in [-0.05, 0) is 12.8 Å². The fourth-order valence-electron chi connectivity index (χ4n) is 3.37. The molecule has 2 aliphatic heterocycles. The second kappa shape index (κ2) is 13.6. The number of cyclic esters (lactones) is 2. The normalized spacial score (nSPS) is 19.8. The Bertz CT molecular complexity index is 684. The van der Waals surface area contributed by atoms with Crippen LogP contribution in [-0.4, -0.2) is 59.6 Å². The van der Waals surface area contributed by atoms with Crippen LogP contribution in [0.25, 0.3) is 0 Å². The zero-order valence-corrected chi connectivity index (χ0v) is 18.1. The molecule has 0 aliphatic carbocycles. The Balaban J connectivity index is 1.36. The van der Waals surface area contributed by atoms with Gasteiger partial charge in [-0.1, -0.05) is 38.5 Å². The number of amides is 2. The quantitative estimate of drug-likeness (QED) is 0.210. The third-order valence-electron chi connectivity index (χ3n) is 5.23. The zero-order chi connectivity index (χ0) is 23.3. The standard InChI is InChI=1S/C22H32N2O8/c25-17(23-13-15-11-19(27)31-21(15)29)9-7-5-3-1-2-4-6-8-10-18(26)24-14-16-12-20(28)32-22(16)30/h11-12,21-22,29-30H,1-10,13-14H2,(H,23,25)(H,24,26). The number of rotatable bonds is 15. The smallest absolute Gasteiger partial charge is 0.333 e. The summed E-state index contributed by atoms with van der Waals surface area (Å²) >= 11 is 0. The van der Waals surface area contributed by atoms with E-state index in [9.17, 15) is 29.4 Å². The molecule has 2 heterocycles. The van der Waals surface area contributed by atoms with Crippen molar-refractivity contribution in [1.29, 1.82) is 0 Å². The number of hydrogen-bond acceptors (Lipinski definition) is 8. The minimum Gasteiger partial charge on any atom is -0.429 e. The Morgan fingerprint density at radius 3 is 1.34 bits per heavy atom. The first-order chi connectivity index (χ1) is 15.3. The summed E-state index contributed by atoms with van der Waals surface area (Å²) in [5.74, 6) is -1.43. The first kappa shape index (κ1) is 25.5. The summed E-state index contributed by atoms with van der Waals surface area (Å²) in [6.45, 7) is 0.218. The van der Waals surface area contributed by atoms with Gasteiger partial charge in [0.05, 0.1) is 0 Å². The largest absolute Gasteiger partial charge is 0.429 e. The molecule has 10 heteroatoms. The van der Waals surface area contributed by atoms with E-state index in [4.69, 9.17) is 0 Å². The van der Waals surface area contributed by atoms with Crippen molar-refractivity contribution in [2.45, 2.75) is 76.8 Å². The van der Waals surface area contributed by atoms with Gasteiger partial charge in [-0.3, -0.25) is 9.59 Å². The summed E-state index contributed by atoms with van der Waals surface area (Å²) in [4.78, 5) is 45.5. The number of unbranched alkanes of at least 4 members (excludes halogenated alkanes) is 7. The molecule has 0 radical (unpaired) electrons. The van der Waals surface area contributed by atoms with Gasteiger partial charge in [-0.25, -0.2) is 9.59 Å². The van der Waals surface area contributed by atoms with Crippen LogP contribution < -0.4 is 10.6 Å². The zero-order valence-electron chi connectivity index (χ0n) is 18.1. The van der Waals surface area contributed by atoms with Gasteiger partial charge in [-0.2, -0.15) is 0 Å². The predicted octanol–water partition coefficient (Wildman–Crippen LogP) is 0.723. The van der Waals surface area contributed by atoms with E-state index in [0.717, 1.165) is 51.4 Å². The van der Waals surface area contributed by atoms with Gasteiger partial charge in [0.25, 0.3) is 0 Å². The van der Waals surface area contributed by atoms with Crippen LogP contribution >= 0.6 is 0 Å².